The van der Waals surface area contributed by atoms with Crippen molar-refractivity contribution >= 4 is 16.7 Å². The Bertz CT molecular complexity index is 828. The highest BCUT2D eigenvalue weighted by molar-refractivity contribution is 6.01. The predicted octanol–water partition coefficient (Wildman–Crippen LogP) is 3.01. The summed E-state index contributed by atoms with van der Waals surface area (Å²) in [6.07, 6.45) is 2.13. The van der Waals surface area contributed by atoms with E-state index in [0.29, 0.717) is 6.42 Å². The van der Waals surface area contributed by atoms with E-state index in [2.05, 4.69) is 10.1 Å². The summed E-state index contributed by atoms with van der Waals surface area (Å²) in [5.41, 5.74) is 4.36. The van der Waals surface area contributed by atoms with E-state index in [1.54, 1.807) is 10.9 Å². The molecule has 0 bridgehead atoms. The molecule has 0 amide bonds. The van der Waals surface area contributed by atoms with Crippen LogP contribution in [0, 0.1) is 13.8 Å². The number of hydrogen-bond donors (Lipinski definition) is 0. The number of Topliss-reactive ketones (excluding diaryl/α,β-unsaturated/α-hetero) is 1. The number of nitrogens with zero attached hydrogens (tertiary/aromatic N) is 3. The third-order valence-electron chi connectivity index (χ3n) is 3.88. The van der Waals surface area contributed by atoms with Gasteiger partial charge in [0.1, 0.15) is 0 Å². The van der Waals surface area contributed by atoms with Crippen LogP contribution in [0.2, 0.25) is 0 Å². The number of hydrogen-bond acceptors (Lipinski definition) is 3. The number of rotatable bonds is 3. The maximum absolute atomic E-state index is 12.6. The quantitative estimate of drug-likeness (QED) is 0.692. The van der Waals surface area contributed by atoms with Gasteiger partial charge in [0.2, 0.25) is 0 Å². The number of fused-ring (bicyclic) bond motifs is 1. The van der Waals surface area contributed by atoms with E-state index in [1.807, 2.05) is 51.2 Å². The molecular formula is C17H17N3O. The van der Waals surface area contributed by atoms with Crippen molar-refractivity contribution in [3.8, 4) is 0 Å². The molecule has 0 aliphatic heterocycles. The average Bonchev–Trinajstić information content (AvgIpc) is 2.72. The molecule has 0 saturated carbocycles. The van der Waals surface area contributed by atoms with E-state index in [9.17, 15) is 4.79 Å². The lowest BCUT2D eigenvalue weighted by molar-refractivity contribution is 0.0992. The normalized spacial score (nSPS) is 11.0. The molecule has 4 heteroatoms. The Labute approximate surface area is 123 Å². The first-order valence-electron chi connectivity index (χ1n) is 6.94. The lowest BCUT2D eigenvalue weighted by Gasteiger charge is -2.06. The molecule has 0 N–H and O–H groups in total. The van der Waals surface area contributed by atoms with E-state index < -0.39 is 0 Å². The molecule has 0 aliphatic rings. The maximum atomic E-state index is 12.6. The zero-order chi connectivity index (χ0) is 15.0. The first kappa shape index (κ1) is 13.5. The topological polar surface area (TPSA) is 47.8 Å². The van der Waals surface area contributed by atoms with Crippen LogP contribution in [0.3, 0.4) is 0 Å². The molecule has 106 valence electrons. The van der Waals surface area contributed by atoms with Gasteiger partial charge in [0.05, 0.1) is 16.8 Å². The van der Waals surface area contributed by atoms with Gasteiger partial charge in [0.15, 0.2) is 5.78 Å². The number of para-hydroxylation sites is 1. The molecule has 3 rings (SSSR count). The molecule has 3 aromatic rings. The molecular weight excluding hydrogens is 262 g/mol. The summed E-state index contributed by atoms with van der Waals surface area (Å²) in [6, 6.07) is 9.81. The first-order valence-corrected chi connectivity index (χ1v) is 6.94. The smallest absolute Gasteiger partial charge is 0.170 e. The van der Waals surface area contributed by atoms with Crippen molar-refractivity contribution in [1.82, 2.24) is 14.8 Å². The van der Waals surface area contributed by atoms with Crippen LogP contribution in [0.1, 0.15) is 27.3 Å². The van der Waals surface area contributed by atoms with Gasteiger partial charge in [-0.05, 0) is 31.5 Å². The molecule has 2 heterocycles. The van der Waals surface area contributed by atoms with Crippen LogP contribution < -0.4 is 0 Å². The first-order chi connectivity index (χ1) is 10.1. The number of pyridine rings is 1. The van der Waals surface area contributed by atoms with Crippen LogP contribution in [0.4, 0.5) is 0 Å². The lowest BCUT2D eigenvalue weighted by atomic mass is 9.99. The molecule has 4 nitrogen and oxygen atoms in total. The molecule has 0 aliphatic carbocycles. The third kappa shape index (κ3) is 2.33. The fraction of sp³-hybridized carbons (Fsp3) is 0.235. The highest BCUT2D eigenvalue weighted by atomic mass is 16.1. The average molecular weight is 279 g/mol. The molecule has 0 fully saturated rings. The summed E-state index contributed by atoms with van der Waals surface area (Å²) in [4.78, 5) is 17.0. The van der Waals surface area contributed by atoms with Gasteiger partial charge < -0.3 is 0 Å². The van der Waals surface area contributed by atoms with Crippen molar-refractivity contribution in [3.05, 3.63) is 59.0 Å². The van der Waals surface area contributed by atoms with Gasteiger partial charge >= 0.3 is 0 Å². The van der Waals surface area contributed by atoms with Crippen molar-refractivity contribution in [2.24, 2.45) is 7.05 Å². The largest absolute Gasteiger partial charge is 0.294 e. The Morgan fingerprint density at radius 1 is 1.19 bits per heavy atom. The Hall–Kier alpha value is -2.49. The summed E-state index contributed by atoms with van der Waals surface area (Å²) >= 11 is 0. The monoisotopic (exact) mass is 279 g/mol. The zero-order valence-electron chi connectivity index (χ0n) is 12.4. The fourth-order valence-corrected chi connectivity index (χ4v) is 2.75. The molecule has 1 aromatic carbocycles. The number of carbonyl (C=O) groups is 1. The van der Waals surface area contributed by atoms with Crippen molar-refractivity contribution in [2.45, 2.75) is 20.3 Å². The standard InChI is InChI=1S/C17H17N3O/c1-11-17(12(2)20(3)19-11)16(21)10-13-8-9-18-15-7-5-4-6-14(13)15/h4-9H,10H2,1-3H3. The maximum Gasteiger partial charge on any atom is 0.170 e. The lowest BCUT2D eigenvalue weighted by Crippen LogP contribution is -2.07. The van der Waals surface area contributed by atoms with Gasteiger partial charge in [0, 0.05) is 30.7 Å². The number of carbonyl (C=O) groups excluding carboxylic acids is 1. The zero-order valence-corrected chi connectivity index (χ0v) is 12.4. The molecule has 0 spiro atoms. The number of aromatic nitrogens is 3. The van der Waals surface area contributed by atoms with Crippen molar-refractivity contribution in [3.63, 3.8) is 0 Å². The van der Waals surface area contributed by atoms with Crippen LogP contribution >= 0.6 is 0 Å². The van der Waals surface area contributed by atoms with Crippen LogP contribution in [-0.2, 0) is 13.5 Å². The van der Waals surface area contributed by atoms with E-state index in [1.165, 1.54) is 0 Å². The number of ketones is 1. The minimum atomic E-state index is 0.106. The molecule has 0 unspecified atom stereocenters. The third-order valence-corrected chi connectivity index (χ3v) is 3.88. The van der Waals surface area contributed by atoms with E-state index in [0.717, 1.165) is 33.4 Å². The van der Waals surface area contributed by atoms with Gasteiger partial charge in [0.25, 0.3) is 0 Å². The summed E-state index contributed by atoms with van der Waals surface area (Å²) in [5, 5.41) is 5.35. The Balaban J connectivity index is 2.01. The van der Waals surface area contributed by atoms with Crippen molar-refractivity contribution < 1.29 is 4.79 Å². The fourth-order valence-electron chi connectivity index (χ4n) is 2.75. The highest BCUT2D eigenvalue weighted by Gasteiger charge is 2.18. The Morgan fingerprint density at radius 2 is 1.95 bits per heavy atom. The molecule has 0 saturated heterocycles. The second-order valence-corrected chi connectivity index (χ2v) is 5.26. The van der Waals surface area contributed by atoms with Gasteiger partial charge in [-0.25, -0.2) is 0 Å². The van der Waals surface area contributed by atoms with Crippen molar-refractivity contribution in [2.75, 3.05) is 0 Å². The Kier molecular flexibility index (Phi) is 3.29. The summed E-state index contributed by atoms with van der Waals surface area (Å²) in [7, 11) is 1.86. The minimum absolute atomic E-state index is 0.106. The minimum Gasteiger partial charge on any atom is -0.294 e. The Morgan fingerprint density at radius 3 is 2.67 bits per heavy atom. The van der Waals surface area contributed by atoms with Crippen molar-refractivity contribution in [1.29, 1.82) is 0 Å². The predicted molar refractivity (Wildman–Crippen MR) is 82.5 cm³/mol. The van der Waals surface area contributed by atoms with Gasteiger partial charge in [-0.2, -0.15) is 5.10 Å². The molecule has 0 atom stereocenters. The van der Waals surface area contributed by atoms with E-state index in [-0.39, 0.29) is 5.78 Å². The number of benzene rings is 1. The SMILES string of the molecule is Cc1nn(C)c(C)c1C(=O)Cc1ccnc2ccccc12. The van der Waals surface area contributed by atoms with Crippen LogP contribution in [-0.4, -0.2) is 20.5 Å². The van der Waals surface area contributed by atoms with Crippen LogP contribution in [0.25, 0.3) is 10.9 Å². The molecule has 2 aromatic heterocycles. The molecule has 0 radical (unpaired) electrons. The second kappa shape index (κ2) is 5.13. The number of aryl methyl sites for hydroxylation is 2. The van der Waals surface area contributed by atoms with E-state index in [4.69, 9.17) is 0 Å². The van der Waals surface area contributed by atoms with Gasteiger partial charge in [-0.3, -0.25) is 14.5 Å². The summed E-state index contributed by atoms with van der Waals surface area (Å²) < 4.78 is 1.76. The highest BCUT2D eigenvalue weighted by Crippen LogP contribution is 2.20. The molecule has 21 heavy (non-hydrogen) atoms. The van der Waals surface area contributed by atoms with Gasteiger partial charge in [-0.1, -0.05) is 18.2 Å². The summed E-state index contributed by atoms with van der Waals surface area (Å²) in [6.45, 7) is 3.81. The van der Waals surface area contributed by atoms with Crippen LogP contribution in [0.15, 0.2) is 36.5 Å². The second-order valence-electron chi connectivity index (χ2n) is 5.26. The summed E-state index contributed by atoms with van der Waals surface area (Å²) in [5.74, 6) is 0.106. The van der Waals surface area contributed by atoms with E-state index >= 15 is 0 Å². The van der Waals surface area contributed by atoms with Gasteiger partial charge in [-0.15, -0.1) is 0 Å². The van der Waals surface area contributed by atoms with Crippen LogP contribution in [0.5, 0.6) is 0 Å².